The van der Waals surface area contributed by atoms with Gasteiger partial charge in [-0.3, -0.25) is 0 Å². The van der Waals surface area contributed by atoms with E-state index >= 15 is 0 Å². The van der Waals surface area contributed by atoms with E-state index in [0.29, 0.717) is 4.52 Å². The Labute approximate surface area is 99.2 Å². The van der Waals surface area contributed by atoms with Gasteiger partial charge in [-0.05, 0) is 13.0 Å². The normalized spacial score (nSPS) is 11.8. The largest absolute Gasteiger partial charge is 0.461 e. The van der Waals surface area contributed by atoms with Gasteiger partial charge >= 0.3 is 12.1 Å². The molecule has 0 aliphatic carbocycles. The molecule has 2 aromatic rings. The first kappa shape index (κ1) is 12.3. The van der Waals surface area contributed by atoms with Crippen LogP contribution >= 0.6 is 0 Å². The van der Waals surface area contributed by atoms with Crippen LogP contribution in [0.4, 0.5) is 13.2 Å². The van der Waals surface area contributed by atoms with E-state index in [9.17, 15) is 18.0 Å². The van der Waals surface area contributed by atoms with Crippen molar-refractivity contribution < 1.29 is 22.7 Å². The van der Waals surface area contributed by atoms with Crippen molar-refractivity contribution in [2.75, 3.05) is 6.61 Å². The van der Waals surface area contributed by atoms with E-state index in [1.165, 1.54) is 0 Å². The van der Waals surface area contributed by atoms with Gasteiger partial charge in [-0.25, -0.2) is 14.3 Å². The summed E-state index contributed by atoms with van der Waals surface area (Å²) >= 11 is 0. The lowest BCUT2D eigenvalue weighted by Gasteiger charge is -2.07. The summed E-state index contributed by atoms with van der Waals surface area (Å²) in [5, 5.41) is 3.56. The van der Waals surface area contributed by atoms with Gasteiger partial charge in [-0.1, -0.05) is 0 Å². The maximum atomic E-state index is 12.7. The van der Waals surface area contributed by atoms with E-state index in [0.717, 1.165) is 18.3 Å². The Morgan fingerprint density at radius 3 is 2.83 bits per heavy atom. The molecule has 8 heteroatoms. The molecule has 0 saturated carbocycles. The summed E-state index contributed by atoms with van der Waals surface area (Å²) in [6.07, 6.45) is -3.56. The second kappa shape index (κ2) is 4.28. The lowest BCUT2D eigenvalue weighted by molar-refractivity contribution is -0.142. The second-order valence-electron chi connectivity index (χ2n) is 3.35. The van der Waals surface area contributed by atoms with Gasteiger partial charge in [0, 0.05) is 12.3 Å². The minimum atomic E-state index is -4.57. The van der Waals surface area contributed by atoms with Gasteiger partial charge in [0.1, 0.15) is 5.69 Å². The number of hydrogen-bond donors (Lipinski definition) is 0. The highest BCUT2D eigenvalue weighted by Crippen LogP contribution is 2.28. The highest BCUT2D eigenvalue weighted by molar-refractivity contribution is 5.88. The fourth-order valence-corrected chi connectivity index (χ4v) is 1.41. The second-order valence-corrected chi connectivity index (χ2v) is 3.35. The molecule has 0 N–H and O–H groups in total. The molecule has 96 valence electrons. The van der Waals surface area contributed by atoms with Crippen molar-refractivity contribution in [1.82, 2.24) is 14.6 Å². The summed E-state index contributed by atoms with van der Waals surface area (Å²) in [5.41, 5.74) is -1.27. The number of rotatable bonds is 2. The molecule has 0 spiro atoms. The van der Waals surface area contributed by atoms with Crippen LogP contribution < -0.4 is 0 Å². The van der Waals surface area contributed by atoms with E-state index in [-0.39, 0.29) is 17.9 Å². The summed E-state index contributed by atoms with van der Waals surface area (Å²) in [5.74, 6) is -0.781. The molecule has 2 aromatic heterocycles. The Morgan fingerprint density at radius 1 is 1.50 bits per heavy atom. The topological polar surface area (TPSA) is 56.5 Å². The molecule has 0 bridgehead atoms. The highest BCUT2D eigenvalue weighted by Gasteiger charge is 2.34. The monoisotopic (exact) mass is 259 g/mol. The molecule has 0 aromatic carbocycles. The molecule has 18 heavy (non-hydrogen) atoms. The number of fused-ring (bicyclic) bond motifs is 1. The van der Waals surface area contributed by atoms with Crippen LogP contribution in [0, 0.1) is 0 Å². The van der Waals surface area contributed by atoms with Gasteiger partial charge in [-0.2, -0.15) is 18.3 Å². The maximum absolute atomic E-state index is 12.7. The van der Waals surface area contributed by atoms with Crippen LogP contribution in [-0.4, -0.2) is 27.2 Å². The third-order valence-electron chi connectivity index (χ3n) is 2.13. The van der Waals surface area contributed by atoms with Crippen LogP contribution in [0.2, 0.25) is 0 Å². The van der Waals surface area contributed by atoms with Crippen LogP contribution in [0.15, 0.2) is 18.3 Å². The van der Waals surface area contributed by atoms with Gasteiger partial charge in [0.2, 0.25) is 0 Å². The number of halogens is 3. The summed E-state index contributed by atoms with van der Waals surface area (Å²) in [4.78, 5) is 15.1. The van der Waals surface area contributed by atoms with E-state index in [2.05, 4.69) is 14.8 Å². The zero-order chi connectivity index (χ0) is 13.3. The summed E-state index contributed by atoms with van der Waals surface area (Å²) < 4.78 is 43.2. The Balaban J connectivity index is 2.55. The predicted molar refractivity (Wildman–Crippen MR) is 53.9 cm³/mol. The van der Waals surface area contributed by atoms with E-state index in [1.807, 2.05) is 0 Å². The van der Waals surface area contributed by atoms with Crippen molar-refractivity contribution in [3.05, 3.63) is 29.7 Å². The Hall–Kier alpha value is -2.12. The zero-order valence-corrected chi connectivity index (χ0v) is 9.23. The average Bonchev–Trinajstić information content (AvgIpc) is 2.71. The third kappa shape index (κ3) is 2.13. The molecule has 0 saturated heterocycles. The van der Waals surface area contributed by atoms with Gasteiger partial charge in [0.25, 0.3) is 0 Å². The zero-order valence-electron chi connectivity index (χ0n) is 9.23. The van der Waals surface area contributed by atoms with E-state index < -0.39 is 17.8 Å². The average molecular weight is 259 g/mol. The lowest BCUT2D eigenvalue weighted by Crippen LogP contribution is -2.13. The molecule has 0 aliphatic rings. The third-order valence-corrected chi connectivity index (χ3v) is 2.13. The lowest BCUT2D eigenvalue weighted by atomic mass is 10.4. The summed E-state index contributed by atoms with van der Waals surface area (Å²) in [6.45, 7) is 1.71. The van der Waals surface area contributed by atoms with Crippen LogP contribution in [0.3, 0.4) is 0 Å². The Kier molecular flexibility index (Phi) is 2.93. The summed E-state index contributed by atoms with van der Waals surface area (Å²) in [6, 6.07) is 1.93. The first-order valence-corrected chi connectivity index (χ1v) is 5.02. The molecule has 0 atom stereocenters. The molecule has 2 heterocycles. The molecule has 0 fully saturated rings. The van der Waals surface area contributed by atoms with Gasteiger partial charge < -0.3 is 4.74 Å². The Morgan fingerprint density at radius 2 is 2.22 bits per heavy atom. The predicted octanol–water partition coefficient (Wildman–Crippen LogP) is 1.92. The molecule has 0 unspecified atom stereocenters. The Bertz CT molecular complexity index is 592. The molecule has 5 nitrogen and oxygen atoms in total. The van der Waals surface area contributed by atoms with Crippen molar-refractivity contribution in [2.45, 2.75) is 13.1 Å². The SMILES string of the molecule is CCOC(=O)c1cc2nccc(C(F)(F)F)n2n1. The first-order chi connectivity index (χ1) is 8.43. The van der Waals surface area contributed by atoms with Crippen molar-refractivity contribution in [3.8, 4) is 0 Å². The smallest absolute Gasteiger partial charge is 0.433 e. The maximum Gasteiger partial charge on any atom is 0.433 e. The van der Waals surface area contributed by atoms with Crippen LogP contribution in [-0.2, 0) is 10.9 Å². The van der Waals surface area contributed by atoms with Crippen LogP contribution in [0.5, 0.6) is 0 Å². The van der Waals surface area contributed by atoms with Crippen molar-refractivity contribution >= 4 is 11.6 Å². The highest BCUT2D eigenvalue weighted by atomic mass is 19.4. The molecule has 0 radical (unpaired) electrons. The number of carbonyl (C=O) groups excluding carboxylic acids is 1. The van der Waals surface area contributed by atoms with Crippen molar-refractivity contribution in [3.63, 3.8) is 0 Å². The number of nitrogens with zero attached hydrogens (tertiary/aromatic N) is 3. The molecular formula is C10H8F3N3O2. The molecule has 0 aliphatic heterocycles. The summed E-state index contributed by atoms with van der Waals surface area (Å²) in [7, 11) is 0. The van der Waals surface area contributed by atoms with Crippen LogP contribution in [0.25, 0.3) is 5.65 Å². The van der Waals surface area contributed by atoms with Gasteiger partial charge in [0.05, 0.1) is 6.61 Å². The number of carbonyl (C=O) groups is 1. The standard InChI is InChI=1S/C10H8F3N3O2/c1-2-18-9(17)6-5-8-14-4-3-7(10(11,12)13)16(8)15-6/h3-5H,2H2,1H3. The minimum absolute atomic E-state index is 0.0621. The quantitative estimate of drug-likeness (QED) is 0.773. The van der Waals surface area contributed by atoms with E-state index in [1.54, 1.807) is 6.92 Å². The molecule has 0 amide bonds. The molecular weight excluding hydrogens is 251 g/mol. The van der Waals surface area contributed by atoms with E-state index in [4.69, 9.17) is 0 Å². The number of esters is 1. The van der Waals surface area contributed by atoms with Gasteiger partial charge in [0.15, 0.2) is 11.3 Å². The number of hydrogen-bond acceptors (Lipinski definition) is 4. The molecule has 2 rings (SSSR count). The fourth-order valence-electron chi connectivity index (χ4n) is 1.41. The van der Waals surface area contributed by atoms with Crippen molar-refractivity contribution in [1.29, 1.82) is 0 Å². The van der Waals surface area contributed by atoms with Gasteiger partial charge in [-0.15, -0.1) is 0 Å². The first-order valence-electron chi connectivity index (χ1n) is 5.02. The number of aromatic nitrogens is 3. The minimum Gasteiger partial charge on any atom is -0.461 e. The number of ether oxygens (including phenoxy) is 1. The van der Waals surface area contributed by atoms with Crippen LogP contribution in [0.1, 0.15) is 23.1 Å². The van der Waals surface area contributed by atoms with Crippen molar-refractivity contribution in [2.24, 2.45) is 0 Å². The number of alkyl halides is 3. The fraction of sp³-hybridized carbons (Fsp3) is 0.300.